The van der Waals surface area contributed by atoms with Gasteiger partial charge in [-0.05, 0) is 42.5 Å². The normalized spacial score (nSPS) is 16.4. The molecule has 3 N–H and O–H groups in total. The minimum absolute atomic E-state index is 0.290. The standard InChI is InChI=1S/C16H19ClN2O2/c1-9(2)12-7-14-10(6-13(12)17)5-11(19-14)8-18-15(20)16(21)3-4-16/h5-7,9,19,21H,3-4,8H2,1-2H3,(H,18,20). The van der Waals surface area contributed by atoms with E-state index < -0.39 is 5.60 Å². The molecule has 0 atom stereocenters. The van der Waals surface area contributed by atoms with Gasteiger partial charge in [-0.1, -0.05) is 25.4 Å². The van der Waals surface area contributed by atoms with Crippen LogP contribution in [0.1, 0.15) is 43.9 Å². The fourth-order valence-electron chi connectivity index (χ4n) is 2.45. The highest BCUT2D eigenvalue weighted by atomic mass is 35.5. The number of aromatic nitrogens is 1. The lowest BCUT2D eigenvalue weighted by molar-refractivity contribution is -0.131. The highest BCUT2D eigenvalue weighted by Gasteiger charge is 2.47. The molecular weight excluding hydrogens is 288 g/mol. The third-order valence-electron chi connectivity index (χ3n) is 4.00. The highest BCUT2D eigenvalue weighted by Crippen LogP contribution is 2.35. The first-order chi connectivity index (χ1) is 9.89. The van der Waals surface area contributed by atoms with Crippen LogP contribution in [-0.4, -0.2) is 21.6 Å². The minimum atomic E-state index is -1.12. The zero-order valence-corrected chi connectivity index (χ0v) is 12.9. The van der Waals surface area contributed by atoms with Crippen LogP contribution < -0.4 is 5.32 Å². The number of hydrogen-bond acceptors (Lipinski definition) is 2. The lowest BCUT2D eigenvalue weighted by Crippen LogP contribution is -2.35. The topological polar surface area (TPSA) is 65.1 Å². The van der Waals surface area contributed by atoms with Crippen molar-refractivity contribution in [1.29, 1.82) is 0 Å². The molecule has 1 heterocycles. The van der Waals surface area contributed by atoms with Crippen LogP contribution in [0.15, 0.2) is 18.2 Å². The van der Waals surface area contributed by atoms with Crippen LogP contribution in [0.25, 0.3) is 10.9 Å². The SMILES string of the molecule is CC(C)c1cc2[nH]c(CNC(=O)C3(O)CC3)cc2cc1Cl. The van der Waals surface area contributed by atoms with Gasteiger partial charge in [-0.3, -0.25) is 4.79 Å². The molecule has 1 aliphatic rings. The number of benzene rings is 1. The van der Waals surface area contributed by atoms with E-state index in [9.17, 15) is 9.90 Å². The Morgan fingerprint density at radius 1 is 1.43 bits per heavy atom. The molecule has 0 aliphatic heterocycles. The van der Waals surface area contributed by atoms with E-state index in [1.165, 1.54) is 0 Å². The Morgan fingerprint density at radius 2 is 2.14 bits per heavy atom. The van der Waals surface area contributed by atoms with Crippen molar-refractivity contribution >= 4 is 28.4 Å². The van der Waals surface area contributed by atoms with Crippen LogP contribution >= 0.6 is 11.6 Å². The predicted octanol–water partition coefficient (Wildman–Crippen LogP) is 3.09. The van der Waals surface area contributed by atoms with Crippen LogP contribution in [0.3, 0.4) is 0 Å². The van der Waals surface area contributed by atoms with E-state index in [1.807, 2.05) is 12.1 Å². The molecule has 1 amide bonds. The third-order valence-corrected chi connectivity index (χ3v) is 4.33. The number of aromatic amines is 1. The molecule has 0 saturated heterocycles. The lowest BCUT2D eigenvalue weighted by atomic mass is 10.0. The molecule has 1 aromatic heterocycles. The summed E-state index contributed by atoms with van der Waals surface area (Å²) < 4.78 is 0. The molecule has 1 fully saturated rings. The van der Waals surface area contributed by atoms with Gasteiger partial charge in [0.15, 0.2) is 0 Å². The quantitative estimate of drug-likeness (QED) is 0.812. The van der Waals surface area contributed by atoms with Gasteiger partial charge in [0.25, 0.3) is 5.91 Å². The number of rotatable bonds is 4. The van der Waals surface area contributed by atoms with E-state index in [-0.39, 0.29) is 5.91 Å². The van der Waals surface area contributed by atoms with Crippen molar-refractivity contribution in [2.45, 2.75) is 44.8 Å². The molecule has 1 aliphatic carbocycles. The van der Waals surface area contributed by atoms with Crippen molar-refractivity contribution in [3.8, 4) is 0 Å². The monoisotopic (exact) mass is 306 g/mol. The van der Waals surface area contributed by atoms with Gasteiger partial charge < -0.3 is 15.4 Å². The Balaban J connectivity index is 1.79. The molecule has 1 saturated carbocycles. The van der Waals surface area contributed by atoms with Crippen LogP contribution in [-0.2, 0) is 11.3 Å². The molecule has 4 nitrogen and oxygen atoms in total. The fourth-order valence-corrected chi connectivity index (χ4v) is 2.84. The molecule has 112 valence electrons. The second-order valence-corrected chi connectivity index (χ2v) is 6.53. The maximum Gasteiger partial charge on any atom is 0.252 e. The van der Waals surface area contributed by atoms with E-state index >= 15 is 0 Å². The Hall–Kier alpha value is -1.52. The van der Waals surface area contributed by atoms with Crippen molar-refractivity contribution in [2.75, 3.05) is 0 Å². The summed E-state index contributed by atoms with van der Waals surface area (Å²) in [4.78, 5) is 15.0. The van der Waals surface area contributed by atoms with Crippen molar-refractivity contribution in [3.63, 3.8) is 0 Å². The number of carbonyl (C=O) groups is 1. The molecule has 0 bridgehead atoms. The van der Waals surface area contributed by atoms with Gasteiger partial charge in [0.05, 0.1) is 6.54 Å². The largest absolute Gasteiger partial charge is 0.380 e. The first-order valence-corrected chi connectivity index (χ1v) is 7.58. The Bertz CT molecular complexity index is 702. The van der Waals surface area contributed by atoms with Crippen LogP contribution in [0, 0.1) is 0 Å². The molecule has 5 heteroatoms. The smallest absolute Gasteiger partial charge is 0.252 e. The van der Waals surface area contributed by atoms with Gasteiger partial charge in [-0.2, -0.15) is 0 Å². The summed E-state index contributed by atoms with van der Waals surface area (Å²) in [5, 5.41) is 14.3. The second kappa shape index (κ2) is 5.04. The van der Waals surface area contributed by atoms with Gasteiger partial charge >= 0.3 is 0 Å². The van der Waals surface area contributed by atoms with Gasteiger partial charge in [0, 0.05) is 21.6 Å². The van der Waals surface area contributed by atoms with E-state index in [0.29, 0.717) is 25.3 Å². The molecule has 0 spiro atoms. The zero-order chi connectivity index (χ0) is 15.2. The molecular formula is C16H19ClN2O2. The number of aliphatic hydroxyl groups is 1. The average molecular weight is 307 g/mol. The summed E-state index contributed by atoms with van der Waals surface area (Å²) in [5.41, 5.74) is 1.89. The molecule has 1 aromatic carbocycles. The van der Waals surface area contributed by atoms with Gasteiger partial charge in [0.2, 0.25) is 0 Å². The van der Waals surface area contributed by atoms with Gasteiger partial charge in [-0.25, -0.2) is 0 Å². The third kappa shape index (κ3) is 2.78. The maximum absolute atomic E-state index is 11.7. The first kappa shape index (κ1) is 14.4. The van der Waals surface area contributed by atoms with Crippen molar-refractivity contribution < 1.29 is 9.90 Å². The maximum atomic E-state index is 11.7. The summed E-state index contributed by atoms with van der Waals surface area (Å²) in [7, 11) is 0. The summed E-state index contributed by atoms with van der Waals surface area (Å²) in [6.45, 7) is 4.59. The summed E-state index contributed by atoms with van der Waals surface area (Å²) in [6.07, 6.45) is 1.11. The van der Waals surface area contributed by atoms with E-state index in [2.05, 4.69) is 30.2 Å². The van der Waals surface area contributed by atoms with Crippen LogP contribution in [0.5, 0.6) is 0 Å². The lowest BCUT2D eigenvalue weighted by Gasteiger charge is -2.08. The number of nitrogens with one attached hydrogen (secondary N) is 2. The molecule has 0 unspecified atom stereocenters. The average Bonchev–Trinajstić information content (AvgIpc) is 3.05. The summed E-state index contributed by atoms with van der Waals surface area (Å²) in [6, 6.07) is 5.98. The Labute approximate surface area is 128 Å². The van der Waals surface area contributed by atoms with Crippen molar-refractivity contribution in [3.05, 3.63) is 34.5 Å². The number of amides is 1. The first-order valence-electron chi connectivity index (χ1n) is 7.21. The second-order valence-electron chi connectivity index (χ2n) is 6.12. The van der Waals surface area contributed by atoms with Gasteiger partial charge in [0.1, 0.15) is 5.60 Å². The number of fused-ring (bicyclic) bond motifs is 1. The Kier molecular flexibility index (Phi) is 3.46. The van der Waals surface area contributed by atoms with Crippen LogP contribution in [0.4, 0.5) is 0 Å². The Morgan fingerprint density at radius 3 is 2.76 bits per heavy atom. The fraction of sp³-hybridized carbons (Fsp3) is 0.438. The number of halogens is 1. The molecule has 21 heavy (non-hydrogen) atoms. The predicted molar refractivity (Wildman–Crippen MR) is 83.4 cm³/mol. The zero-order valence-electron chi connectivity index (χ0n) is 12.2. The number of carbonyl (C=O) groups excluding carboxylic acids is 1. The summed E-state index contributed by atoms with van der Waals surface area (Å²) in [5.74, 6) is 0.0690. The minimum Gasteiger partial charge on any atom is -0.380 e. The number of hydrogen-bond donors (Lipinski definition) is 3. The number of H-pyrrole nitrogens is 1. The van der Waals surface area contributed by atoms with E-state index in [1.54, 1.807) is 0 Å². The van der Waals surface area contributed by atoms with E-state index in [4.69, 9.17) is 11.6 Å². The molecule has 0 radical (unpaired) electrons. The highest BCUT2D eigenvalue weighted by molar-refractivity contribution is 6.32. The van der Waals surface area contributed by atoms with Crippen molar-refractivity contribution in [1.82, 2.24) is 10.3 Å². The van der Waals surface area contributed by atoms with Crippen molar-refractivity contribution in [2.24, 2.45) is 0 Å². The van der Waals surface area contributed by atoms with E-state index in [0.717, 1.165) is 27.2 Å². The molecule has 2 aromatic rings. The van der Waals surface area contributed by atoms with Crippen LogP contribution in [0.2, 0.25) is 5.02 Å². The summed E-state index contributed by atoms with van der Waals surface area (Å²) >= 11 is 6.29. The molecule has 3 rings (SSSR count). The van der Waals surface area contributed by atoms with Gasteiger partial charge in [-0.15, -0.1) is 0 Å².